The summed E-state index contributed by atoms with van der Waals surface area (Å²) in [5.74, 6) is -1.35. The van der Waals surface area contributed by atoms with E-state index in [1.165, 1.54) is 13.3 Å². The zero-order valence-electron chi connectivity index (χ0n) is 12.0. The third kappa shape index (κ3) is 4.65. The van der Waals surface area contributed by atoms with Gasteiger partial charge in [0.05, 0.1) is 30.3 Å². The van der Waals surface area contributed by atoms with Crippen LogP contribution in [0, 0.1) is 0 Å². The number of nitrogens with zero attached hydrogens (tertiary/aromatic N) is 2. The topological polar surface area (TPSA) is 93.5 Å². The van der Waals surface area contributed by atoms with Gasteiger partial charge in [0.25, 0.3) is 5.91 Å². The van der Waals surface area contributed by atoms with Crippen LogP contribution in [0.1, 0.15) is 37.0 Å². The highest BCUT2D eigenvalue weighted by Gasteiger charge is 2.30. The molecule has 0 aliphatic rings. The second-order valence-electron chi connectivity index (χ2n) is 5.01. The first-order valence-corrected chi connectivity index (χ1v) is 6.46. The van der Waals surface area contributed by atoms with Crippen LogP contribution in [0.25, 0.3) is 0 Å². The lowest BCUT2D eigenvalue weighted by Gasteiger charge is -2.28. The number of nitrogens with one attached hydrogen (secondary N) is 1. The van der Waals surface area contributed by atoms with Crippen molar-refractivity contribution in [3.05, 3.63) is 18.0 Å². The lowest BCUT2D eigenvalue weighted by atomic mass is 9.98. The molecule has 1 atom stereocenters. The van der Waals surface area contributed by atoms with Gasteiger partial charge in [0.2, 0.25) is 0 Å². The van der Waals surface area contributed by atoms with Crippen LogP contribution in [0.5, 0.6) is 0 Å². The number of aliphatic carboxylic acids is 1. The SMILES string of the molecule is CCCn1cc(C(=O)NC(C)(COC)CC(=O)O)cn1. The number of methoxy groups -OCH3 is 1. The molecule has 1 unspecified atom stereocenters. The summed E-state index contributed by atoms with van der Waals surface area (Å²) in [6, 6.07) is 0. The van der Waals surface area contributed by atoms with E-state index in [4.69, 9.17) is 9.84 Å². The van der Waals surface area contributed by atoms with Crippen LogP contribution in [0.4, 0.5) is 0 Å². The highest BCUT2D eigenvalue weighted by molar-refractivity contribution is 5.94. The monoisotopic (exact) mass is 283 g/mol. The van der Waals surface area contributed by atoms with Crippen LogP contribution < -0.4 is 5.32 Å². The van der Waals surface area contributed by atoms with Gasteiger partial charge in [-0.1, -0.05) is 6.92 Å². The van der Waals surface area contributed by atoms with E-state index in [1.54, 1.807) is 17.8 Å². The molecule has 1 aromatic rings. The van der Waals surface area contributed by atoms with Gasteiger partial charge in [-0.3, -0.25) is 14.3 Å². The van der Waals surface area contributed by atoms with Crippen LogP contribution in [0.3, 0.4) is 0 Å². The van der Waals surface area contributed by atoms with Gasteiger partial charge in [-0.05, 0) is 13.3 Å². The number of carbonyl (C=O) groups is 2. The first-order valence-electron chi connectivity index (χ1n) is 6.46. The van der Waals surface area contributed by atoms with E-state index in [2.05, 4.69) is 10.4 Å². The summed E-state index contributed by atoms with van der Waals surface area (Å²) in [5.41, 5.74) is -0.545. The molecule has 0 saturated carbocycles. The molecule has 1 amide bonds. The molecule has 0 fully saturated rings. The van der Waals surface area contributed by atoms with Crippen molar-refractivity contribution in [3.8, 4) is 0 Å². The minimum Gasteiger partial charge on any atom is -0.481 e. The van der Waals surface area contributed by atoms with E-state index in [-0.39, 0.29) is 18.9 Å². The quantitative estimate of drug-likeness (QED) is 0.739. The number of hydrogen-bond acceptors (Lipinski definition) is 4. The standard InChI is InChI=1S/C13H21N3O4/c1-4-5-16-8-10(7-14-16)12(19)15-13(2,9-20-3)6-11(17)18/h7-8H,4-6,9H2,1-3H3,(H,15,19)(H,17,18). The normalized spacial score (nSPS) is 13.8. The van der Waals surface area contributed by atoms with Gasteiger partial charge in [-0.15, -0.1) is 0 Å². The zero-order chi connectivity index (χ0) is 15.2. The Morgan fingerprint density at radius 1 is 1.55 bits per heavy atom. The fraction of sp³-hybridized carbons (Fsp3) is 0.615. The molecule has 0 aliphatic carbocycles. The molecule has 0 aromatic carbocycles. The number of carbonyl (C=O) groups excluding carboxylic acids is 1. The average molecular weight is 283 g/mol. The smallest absolute Gasteiger partial charge is 0.305 e. The fourth-order valence-electron chi connectivity index (χ4n) is 1.96. The third-order valence-electron chi connectivity index (χ3n) is 2.77. The highest BCUT2D eigenvalue weighted by Crippen LogP contribution is 2.12. The van der Waals surface area contributed by atoms with Gasteiger partial charge in [-0.25, -0.2) is 0 Å². The predicted molar refractivity (Wildman–Crippen MR) is 72.5 cm³/mol. The summed E-state index contributed by atoms with van der Waals surface area (Å²) >= 11 is 0. The van der Waals surface area contributed by atoms with Crippen LogP contribution in [-0.2, 0) is 16.1 Å². The molecule has 7 nitrogen and oxygen atoms in total. The number of carboxylic acid groups (broad SMARTS) is 1. The zero-order valence-corrected chi connectivity index (χ0v) is 12.0. The minimum atomic E-state index is -0.994. The van der Waals surface area contributed by atoms with Crippen LogP contribution in [-0.4, -0.2) is 46.0 Å². The van der Waals surface area contributed by atoms with Crippen LogP contribution in [0.15, 0.2) is 12.4 Å². The summed E-state index contributed by atoms with van der Waals surface area (Å²) in [5, 5.41) is 15.7. The maximum Gasteiger partial charge on any atom is 0.305 e. The van der Waals surface area contributed by atoms with Crippen molar-refractivity contribution in [2.45, 2.75) is 38.8 Å². The number of amides is 1. The Bertz CT molecular complexity index is 472. The fourth-order valence-corrected chi connectivity index (χ4v) is 1.96. The predicted octanol–water partition coefficient (Wildman–Crippen LogP) is 0.903. The van der Waals surface area contributed by atoms with Gasteiger partial charge < -0.3 is 15.2 Å². The second kappa shape index (κ2) is 7.04. The van der Waals surface area contributed by atoms with E-state index < -0.39 is 11.5 Å². The van der Waals surface area contributed by atoms with Crippen molar-refractivity contribution in [1.82, 2.24) is 15.1 Å². The highest BCUT2D eigenvalue weighted by atomic mass is 16.5. The molecule has 1 heterocycles. The Labute approximate surface area is 117 Å². The number of aryl methyl sites for hydroxylation is 1. The number of ether oxygens (including phenoxy) is 1. The molecule has 0 radical (unpaired) electrons. The van der Waals surface area contributed by atoms with Gasteiger partial charge in [0.15, 0.2) is 0 Å². The number of rotatable bonds is 8. The van der Waals surface area contributed by atoms with Crippen molar-refractivity contribution in [1.29, 1.82) is 0 Å². The number of hydrogen-bond donors (Lipinski definition) is 2. The molecule has 0 saturated heterocycles. The van der Waals surface area contributed by atoms with Crippen molar-refractivity contribution >= 4 is 11.9 Å². The van der Waals surface area contributed by atoms with E-state index in [0.29, 0.717) is 5.56 Å². The second-order valence-corrected chi connectivity index (χ2v) is 5.01. The first-order chi connectivity index (χ1) is 9.40. The third-order valence-corrected chi connectivity index (χ3v) is 2.77. The van der Waals surface area contributed by atoms with Crippen molar-refractivity contribution in [2.75, 3.05) is 13.7 Å². The Hall–Kier alpha value is -1.89. The lowest BCUT2D eigenvalue weighted by molar-refractivity contribution is -0.139. The lowest BCUT2D eigenvalue weighted by Crippen LogP contribution is -2.50. The first kappa shape index (κ1) is 16.2. The van der Waals surface area contributed by atoms with Crippen LogP contribution in [0.2, 0.25) is 0 Å². The van der Waals surface area contributed by atoms with Gasteiger partial charge in [-0.2, -0.15) is 5.10 Å². The Kier molecular flexibility index (Phi) is 5.69. The molecule has 1 rings (SSSR count). The summed E-state index contributed by atoms with van der Waals surface area (Å²) in [6.45, 7) is 4.51. The minimum absolute atomic E-state index is 0.119. The van der Waals surface area contributed by atoms with Crippen molar-refractivity contribution in [2.24, 2.45) is 0 Å². The molecular weight excluding hydrogens is 262 g/mol. The molecular formula is C13H21N3O4. The molecule has 7 heteroatoms. The van der Waals surface area contributed by atoms with Crippen LogP contribution >= 0.6 is 0 Å². The molecule has 1 aromatic heterocycles. The molecule has 0 spiro atoms. The molecule has 0 aliphatic heterocycles. The Morgan fingerprint density at radius 2 is 2.25 bits per heavy atom. The van der Waals surface area contributed by atoms with Crippen molar-refractivity contribution in [3.63, 3.8) is 0 Å². The molecule has 0 bridgehead atoms. The number of carboxylic acids is 1. The van der Waals surface area contributed by atoms with E-state index in [0.717, 1.165) is 13.0 Å². The molecule has 112 valence electrons. The Morgan fingerprint density at radius 3 is 2.80 bits per heavy atom. The van der Waals surface area contributed by atoms with Crippen molar-refractivity contribution < 1.29 is 19.4 Å². The maximum absolute atomic E-state index is 12.1. The van der Waals surface area contributed by atoms with Gasteiger partial charge in [0.1, 0.15) is 0 Å². The number of aromatic nitrogens is 2. The van der Waals surface area contributed by atoms with E-state index >= 15 is 0 Å². The molecule has 20 heavy (non-hydrogen) atoms. The summed E-state index contributed by atoms with van der Waals surface area (Å²) in [6.07, 6.45) is 3.82. The van der Waals surface area contributed by atoms with Gasteiger partial charge in [0, 0.05) is 19.9 Å². The van der Waals surface area contributed by atoms with E-state index in [9.17, 15) is 9.59 Å². The summed E-state index contributed by atoms with van der Waals surface area (Å²) < 4.78 is 6.67. The summed E-state index contributed by atoms with van der Waals surface area (Å²) in [7, 11) is 1.46. The average Bonchev–Trinajstić information content (AvgIpc) is 2.76. The summed E-state index contributed by atoms with van der Waals surface area (Å²) in [4.78, 5) is 23.0. The maximum atomic E-state index is 12.1. The van der Waals surface area contributed by atoms with E-state index in [1.807, 2.05) is 6.92 Å². The largest absolute Gasteiger partial charge is 0.481 e. The Balaban J connectivity index is 2.76. The molecule has 2 N–H and O–H groups in total. The van der Waals surface area contributed by atoms with Gasteiger partial charge >= 0.3 is 5.97 Å².